The van der Waals surface area contributed by atoms with Gasteiger partial charge in [-0.1, -0.05) is 6.42 Å². The Hall–Kier alpha value is -3.10. The Bertz CT molecular complexity index is 976. The average Bonchev–Trinajstić information content (AvgIpc) is 3.40. The summed E-state index contributed by atoms with van der Waals surface area (Å²) in [5.41, 5.74) is -0.397. The van der Waals surface area contributed by atoms with Gasteiger partial charge in [0.05, 0.1) is 12.1 Å². The van der Waals surface area contributed by atoms with Gasteiger partial charge in [-0.15, -0.1) is 0 Å². The van der Waals surface area contributed by atoms with Crippen LogP contribution < -0.4 is 31.9 Å². The highest BCUT2D eigenvalue weighted by molar-refractivity contribution is 8.00. The van der Waals surface area contributed by atoms with Crippen LogP contribution in [0.1, 0.15) is 84.0 Å². The molecule has 4 unspecified atom stereocenters. The molecule has 6 amide bonds. The van der Waals surface area contributed by atoms with Crippen molar-refractivity contribution in [2.24, 2.45) is 10.2 Å². The van der Waals surface area contributed by atoms with Crippen LogP contribution >= 0.6 is 11.8 Å². The molecule has 0 aromatic rings. The van der Waals surface area contributed by atoms with Gasteiger partial charge in [0.25, 0.3) is 0 Å². The Morgan fingerprint density at radius 2 is 1.60 bits per heavy atom. The van der Waals surface area contributed by atoms with Gasteiger partial charge < -0.3 is 37.0 Å². The molecule has 0 spiro atoms. The smallest absolute Gasteiger partial charge is 0.405 e. The van der Waals surface area contributed by atoms with Crippen molar-refractivity contribution >= 4 is 41.6 Å². The molecule has 236 valence electrons. The van der Waals surface area contributed by atoms with E-state index in [0.717, 1.165) is 44.3 Å². The zero-order chi connectivity index (χ0) is 30.4. The van der Waals surface area contributed by atoms with Crippen LogP contribution in [0.3, 0.4) is 0 Å². The predicted molar refractivity (Wildman–Crippen MR) is 158 cm³/mol. The molecule has 0 aliphatic carbocycles. The third-order valence-electron chi connectivity index (χ3n) is 7.68. The van der Waals surface area contributed by atoms with Crippen LogP contribution in [0.15, 0.2) is 10.2 Å². The first kappa shape index (κ1) is 33.4. The van der Waals surface area contributed by atoms with Crippen LogP contribution in [-0.2, 0) is 14.4 Å². The number of thioether (sulfide) groups is 1. The summed E-state index contributed by atoms with van der Waals surface area (Å²) in [6, 6.07) is -0.501. The van der Waals surface area contributed by atoms with E-state index in [2.05, 4.69) is 42.1 Å². The lowest BCUT2D eigenvalue weighted by Gasteiger charge is -2.17. The van der Waals surface area contributed by atoms with Crippen LogP contribution in [0.5, 0.6) is 0 Å². The van der Waals surface area contributed by atoms with E-state index in [1.165, 1.54) is 0 Å². The van der Waals surface area contributed by atoms with E-state index in [4.69, 9.17) is 5.11 Å². The maximum absolute atomic E-state index is 12.5. The van der Waals surface area contributed by atoms with Gasteiger partial charge in [0.2, 0.25) is 17.7 Å². The zero-order valence-electron chi connectivity index (χ0n) is 24.4. The van der Waals surface area contributed by atoms with Crippen molar-refractivity contribution in [1.29, 1.82) is 0 Å². The molecule has 14 nitrogen and oxygen atoms in total. The molecule has 15 heteroatoms. The minimum Gasteiger partial charge on any atom is -0.465 e. The van der Waals surface area contributed by atoms with Crippen molar-refractivity contribution in [3.05, 3.63) is 0 Å². The maximum atomic E-state index is 12.5. The number of unbranched alkanes of at least 4 members (excludes halogenated alkanes) is 4. The van der Waals surface area contributed by atoms with E-state index >= 15 is 0 Å². The number of amides is 6. The molecule has 4 atom stereocenters. The highest BCUT2D eigenvalue weighted by atomic mass is 32.2. The van der Waals surface area contributed by atoms with E-state index in [-0.39, 0.29) is 35.8 Å². The van der Waals surface area contributed by atoms with Crippen LogP contribution in [0.4, 0.5) is 9.59 Å². The van der Waals surface area contributed by atoms with Gasteiger partial charge in [-0.05, 0) is 58.3 Å². The molecule has 0 aromatic heterocycles. The van der Waals surface area contributed by atoms with Gasteiger partial charge >= 0.3 is 12.1 Å². The molecule has 0 aromatic carbocycles. The fourth-order valence-electron chi connectivity index (χ4n) is 5.10. The molecule has 3 aliphatic heterocycles. The predicted octanol–water partition coefficient (Wildman–Crippen LogP) is 2.00. The lowest BCUT2D eigenvalue weighted by molar-refractivity contribution is -0.123. The number of hydrogen-bond acceptors (Lipinski definition) is 8. The number of hydrogen-bond donors (Lipinski definition) is 7. The van der Waals surface area contributed by atoms with Crippen molar-refractivity contribution in [2.75, 3.05) is 25.4 Å². The van der Waals surface area contributed by atoms with Gasteiger partial charge in [-0.25, -0.2) is 9.59 Å². The van der Waals surface area contributed by atoms with Crippen molar-refractivity contribution < 1.29 is 29.1 Å². The minimum absolute atomic E-state index is 0.0396. The van der Waals surface area contributed by atoms with Crippen molar-refractivity contribution in [3.8, 4) is 0 Å². The highest BCUT2D eigenvalue weighted by Crippen LogP contribution is 2.33. The lowest BCUT2D eigenvalue weighted by atomic mass is 10.0. The van der Waals surface area contributed by atoms with E-state index in [1.54, 1.807) is 0 Å². The Morgan fingerprint density at radius 1 is 0.929 bits per heavy atom. The molecule has 3 heterocycles. The molecule has 2 saturated heterocycles. The van der Waals surface area contributed by atoms with Crippen LogP contribution in [-0.4, -0.2) is 89.4 Å². The minimum atomic E-state index is -1.26. The summed E-state index contributed by atoms with van der Waals surface area (Å²) < 4.78 is 0. The Morgan fingerprint density at radius 3 is 2.29 bits per heavy atom. The molecular formula is C27H46N8O6S. The van der Waals surface area contributed by atoms with Gasteiger partial charge in [0.1, 0.15) is 6.04 Å². The fourth-order valence-corrected chi connectivity index (χ4v) is 6.64. The third kappa shape index (κ3) is 12.4. The summed E-state index contributed by atoms with van der Waals surface area (Å²) in [6.45, 7) is 3.33. The zero-order valence-corrected chi connectivity index (χ0v) is 25.2. The van der Waals surface area contributed by atoms with E-state index in [0.29, 0.717) is 63.4 Å². The van der Waals surface area contributed by atoms with Crippen molar-refractivity contribution in [1.82, 2.24) is 31.9 Å². The van der Waals surface area contributed by atoms with E-state index < -0.39 is 17.8 Å². The third-order valence-corrected chi connectivity index (χ3v) is 9.19. The van der Waals surface area contributed by atoms with E-state index in [1.807, 2.05) is 18.7 Å². The monoisotopic (exact) mass is 610 g/mol. The summed E-state index contributed by atoms with van der Waals surface area (Å²) in [5.74, 6) is 0.545. The topological polar surface area (TPSA) is 202 Å². The van der Waals surface area contributed by atoms with Crippen molar-refractivity contribution in [2.45, 2.75) is 113 Å². The SMILES string of the molecule is CC1(CCC(=O)NCCCCC(NC(=O)O)C(=O)NCCCCCNC(=O)CCCCC2SCC3NC(=O)NC32)N=N1. The molecule has 3 rings (SSSR count). The van der Waals surface area contributed by atoms with Crippen molar-refractivity contribution in [3.63, 3.8) is 0 Å². The maximum Gasteiger partial charge on any atom is 0.405 e. The number of carboxylic acid groups (broad SMARTS) is 1. The summed E-state index contributed by atoms with van der Waals surface area (Å²) >= 11 is 1.88. The summed E-state index contributed by atoms with van der Waals surface area (Å²) in [6.07, 6.45) is 6.81. The lowest BCUT2D eigenvalue weighted by Crippen LogP contribution is -2.46. The van der Waals surface area contributed by atoms with Gasteiger partial charge in [0.15, 0.2) is 5.66 Å². The summed E-state index contributed by atoms with van der Waals surface area (Å²) in [5, 5.41) is 34.0. The Balaban J connectivity index is 1.14. The first-order chi connectivity index (χ1) is 20.1. The number of carbonyl (C=O) groups excluding carboxylic acids is 4. The molecule has 2 fully saturated rings. The number of nitrogens with one attached hydrogen (secondary N) is 6. The Kier molecular flexibility index (Phi) is 13.6. The molecule has 42 heavy (non-hydrogen) atoms. The van der Waals surface area contributed by atoms with Gasteiger partial charge in [-0.2, -0.15) is 22.0 Å². The molecule has 3 aliphatic rings. The number of urea groups is 1. The quantitative estimate of drug-likeness (QED) is 0.0760. The second-order valence-corrected chi connectivity index (χ2v) is 12.6. The van der Waals surface area contributed by atoms with E-state index in [9.17, 15) is 24.0 Å². The number of rotatable bonds is 21. The highest BCUT2D eigenvalue weighted by Gasteiger charge is 2.42. The molecule has 0 bridgehead atoms. The molecule has 7 N–H and O–H groups in total. The van der Waals surface area contributed by atoms with Crippen LogP contribution in [0.2, 0.25) is 0 Å². The molecule has 0 radical (unpaired) electrons. The van der Waals surface area contributed by atoms with Crippen LogP contribution in [0.25, 0.3) is 0 Å². The normalized spacial score (nSPS) is 21.9. The second kappa shape index (κ2) is 17.1. The van der Waals surface area contributed by atoms with Crippen LogP contribution in [0, 0.1) is 0 Å². The molecule has 0 saturated carbocycles. The molecular weight excluding hydrogens is 564 g/mol. The van der Waals surface area contributed by atoms with Gasteiger partial charge in [-0.3, -0.25) is 14.4 Å². The number of fused-ring (bicyclic) bond motifs is 1. The first-order valence-electron chi connectivity index (χ1n) is 15.1. The van der Waals surface area contributed by atoms with Gasteiger partial charge in [0, 0.05) is 49.9 Å². The first-order valence-corrected chi connectivity index (χ1v) is 16.1. The summed E-state index contributed by atoms with van der Waals surface area (Å²) in [7, 11) is 0. The largest absolute Gasteiger partial charge is 0.465 e. The Labute approximate surface area is 251 Å². The second-order valence-electron chi connectivity index (χ2n) is 11.3. The summed E-state index contributed by atoms with van der Waals surface area (Å²) in [4.78, 5) is 59.1. The number of nitrogens with zero attached hydrogens (tertiary/aromatic N) is 2. The average molecular weight is 611 g/mol. The fraction of sp³-hybridized carbons (Fsp3) is 0.815. The number of carbonyl (C=O) groups is 5. The standard InChI is InChI=1S/C27H46N8O6S/c1-27(34-35-27)13-12-22(37)29-15-8-5-9-18(32-26(40)41)24(38)30-16-7-2-6-14-28-21(36)11-4-3-10-20-23-19(17-42-20)31-25(39)33-23/h18-20,23,32H,2-17H2,1H3,(H,28,36)(H,29,37)(H,30,38)(H,40,41)(H2,31,33,39).